The third-order valence-electron chi connectivity index (χ3n) is 3.05. The molecule has 0 atom stereocenters. The SMILES string of the molecule is CCCc1cc2c(C)cc(F)cc2nc1NCC. The summed E-state index contributed by atoms with van der Waals surface area (Å²) in [6.07, 6.45) is 2.06. The maximum absolute atomic E-state index is 13.4. The minimum absolute atomic E-state index is 0.224. The quantitative estimate of drug-likeness (QED) is 0.879. The molecule has 96 valence electrons. The number of halogens is 1. The van der Waals surface area contributed by atoms with Crippen LogP contribution in [-0.4, -0.2) is 11.5 Å². The summed E-state index contributed by atoms with van der Waals surface area (Å²) in [7, 11) is 0. The molecule has 2 aromatic rings. The Kier molecular flexibility index (Phi) is 3.80. The fourth-order valence-corrected chi connectivity index (χ4v) is 2.23. The van der Waals surface area contributed by atoms with Gasteiger partial charge in [0.25, 0.3) is 0 Å². The normalized spacial score (nSPS) is 10.9. The highest BCUT2D eigenvalue weighted by Gasteiger charge is 2.08. The van der Waals surface area contributed by atoms with Gasteiger partial charge in [-0.1, -0.05) is 13.3 Å². The van der Waals surface area contributed by atoms with Crippen LogP contribution >= 0.6 is 0 Å². The second-order valence-electron chi connectivity index (χ2n) is 4.57. The minimum Gasteiger partial charge on any atom is -0.370 e. The number of nitrogens with zero attached hydrogens (tertiary/aromatic N) is 1. The molecule has 0 spiro atoms. The largest absolute Gasteiger partial charge is 0.370 e. The third-order valence-corrected chi connectivity index (χ3v) is 3.05. The topological polar surface area (TPSA) is 24.9 Å². The van der Waals surface area contributed by atoms with Crippen molar-refractivity contribution in [2.45, 2.75) is 33.6 Å². The van der Waals surface area contributed by atoms with Crippen LogP contribution < -0.4 is 5.32 Å². The molecule has 1 heterocycles. The average molecular weight is 246 g/mol. The van der Waals surface area contributed by atoms with E-state index in [1.165, 1.54) is 11.6 Å². The third kappa shape index (κ3) is 2.45. The van der Waals surface area contributed by atoms with Gasteiger partial charge in [-0.25, -0.2) is 9.37 Å². The number of pyridine rings is 1. The molecule has 0 unspecified atom stereocenters. The van der Waals surface area contributed by atoms with Crippen molar-refractivity contribution in [3.63, 3.8) is 0 Å². The molecule has 1 aromatic carbocycles. The average Bonchev–Trinajstić information content (AvgIpc) is 2.31. The highest BCUT2D eigenvalue weighted by molar-refractivity contribution is 5.85. The lowest BCUT2D eigenvalue weighted by atomic mass is 10.0. The van der Waals surface area contributed by atoms with Crippen LogP contribution in [0.1, 0.15) is 31.4 Å². The van der Waals surface area contributed by atoms with E-state index in [-0.39, 0.29) is 5.82 Å². The first kappa shape index (κ1) is 12.8. The first-order valence-corrected chi connectivity index (χ1v) is 6.49. The standard InChI is InChI=1S/C15H19FN2/c1-4-6-11-8-13-10(3)7-12(16)9-14(13)18-15(11)17-5-2/h7-9H,4-6H2,1-3H3,(H,17,18). The Morgan fingerprint density at radius 1 is 1.22 bits per heavy atom. The van der Waals surface area contributed by atoms with Crippen molar-refractivity contribution < 1.29 is 4.39 Å². The van der Waals surface area contributed by atoms with Gasteiger partial charge in [0.05, 0.1) is 5.52 Å². The molecule has 0 radical (unpaired) electrons. The molecule has 0 fully saturated rings. The molecule has 0 aliphatic carbocycles. The molecule has 0 saturated carbocycles. The Balaban J connectivity index is 2.63. The lowest BCUT2D eigenvalue weighted by Crippen LogP contribution is -2.04. The number of fused-ring (bicyclic) bond motifs is 1. The van der Waals surface area contributed by atoms with Crippen LogP contribution in [0.5, 0.6) is 0 Å². The number of aryl methyl sites for hydroxylation is 2. The zero-order chi connectivity index (χ0) is 13.1. The fourth-order valence-electron chi connectivity index (χ4n) is 2.23. The molecule has 2 rings (SSSR count). The summed E-state index contributed by atoms with van der Waals surface area (Å²) in [6, 6.07) is 5.20. The number of anilines is 1. The predicted molar refractivity (Wildman–Crippen MR) is 74.6 cm³/mol. The van der Waals surface area contributed by atoms with Gasteiger partial charge in [-0.3, -0.25) is 0 Å². The van der Waals surface area contributed by atoms with Crippen LogP contribution in [0.15, 0.2) is 18.2 Å². The van der Waals surface area contributed by atoms with Crippen molar-refractivity contribution in [1.82, 2.24) is 4.98 Å². The fraction of sp³-hybridized carbons (Fsp3) is 0.400. The van der Waals surface area contributed by atoms with E-state index in [1.807, 2.05) is 13.8 Å². The molecule has 1 N–H and O–H groups in total. The van der Waals surface area contributed by atoms with Crippen LogP contribution in [0, 0.1) is 12.7 Å². The van der Waals surface area contributed by atoms with E-state index in [1.54, 1.807) is 6.07 Å². The van der Waals surface area contributed by atoms with Crippen LogP contribution in [0.3, 0.4) is 0 Å². The molecular weight excluding hydrogens is 227 g/mol. The summed E-state index contributed by atoms with van der Waals surface area (Å²) in [6.45, 7) is 6.94. The molecule has 1 aromatic heterocycles. The maximum atomic E-state index is 13.4. The summed E-state index contributed by atoms with van der Waals surface area (Å²) in [5.41, 5.74) is 2.88. The summed E-state index contributed by atoms with van der Waals surface area (Å²) in [5.74, 6) is 0.662. The number of hydrogen-bond acceptors (Lipinski definition) is 2. The van der Waals surface area contributed by atoms with Crippen LogP contribution in [0.2, 0.25) is 0 Å². The Hall–Kier alpha value is -1.64. The Bertz CT molecular complexity index is 564. The molecule has 18 heavy (non-hydrogen) atoms. The van der Waals surface area contributed by atoms with Gasteiger partial charge in [0, 0.05) is 18.0 Å². The predicted octanol–water partition coefficient (Wildman–Crippen LogP) is 4.07. The van der Waals surface area contributed by atoms with E-state index in [2.05, 4.69) is 23.3 Å². The van der Waals surface area contributed by atoms with Gasteiger partial charge in [0.2, 0.25) is 0 Å². The summed E-state index contributed by atoms with van der Waals surface area (Å²) in [4.78, 5) is 4.55. The monoisotopic (exact) mass is 246 g/mol. The van der Waals surface area contributed by atoms with Gasteiger partial charge >= 0.3 is 0 Å². The Labute approximate surface area is 107 Å². The highest BCUT2D eigenvalue weighted by Crippen LogP contribution is 2.25. The Morgan fingerprint density at radius 3 is 2.67 bits per heavy atom. The van der Waals surface area contributed by atoms with E-state index in [4.69, 9.17) is 0 Å². The first-order chi connectivity index (χ1) is 8.65. The van der Waals surface area contributed by atoms with Crippen LogP contribution in [-0.2, 0) is 6.42 Å². The van der Waals surface area contributed by atoms with Gasteiger partial charge in [-0.15, -0.1) is 0 Å². The van der Waals surface area contributed by atoms with Gasteiger partial charge < -0.3 is 5.32 Å². The van der Waals surface area contributed by atoms with Crippen LogP contribution in [0.4, 0.5) is 10.2 Å². The van der Waals surface area contributed by atoms with Crippen molar-refractivity contribution in [3.05, 3.63) is 35.1 Å². The van der Waals surface area contributed by atoms with Gasteiger partial charge in [-0.05, 0) is 43.5 Å². The number of hydrogen-bond donors (Lipinski definition) is 1. The second-order valence-corrected chi connectivity index (χ2v) is 4.57. The van der Waals surface area contributed by atoms with Crippen molar-refractivity contribution in [2.24, 2.45) is 0 Å². The van der Waals surface area contributed by atoms with E-state index in [0.717, 1.165) is 41.7 Å². The molecule has 0 saturated heterocycles. The van der Waals surface area contributed by atoms with Gasteiger partial charge in [-0.2, -0.15) is 0 Å². The molecule has 0 aliphatic rings. The zero-order valence-electron chi connectivity index (χ0n) is 11.2. The lowest BCUT2D eigenvalue weighted by Gasteiger charge is -2.12. The van der Waals surface area contributed by atoms with E-state index in [9.17, 15) is 4.39 Å². The number of nitrogens with one attached hydrogen (secondary N) is 1. The number of benzene rings is 1. The van der Waals surface area contributed by atoms with Crippen LogP contribution in [0.25, 0.3) is 10.9 Å². The number of rotatable bonds is 4. The van der Waals surface area contributed by atoms with Gasteiger partial charge in [0.1, 0.15) is 11.6 Å². The van der Waals surface area contributed by atoms with Crippen molar-refractivity contribution in [3.8, 4) is 0 Å². The van der Waals surface area contributed by atoms with E-state index in [0.29, 0.717) is 0 Å². The summed E-state index contributed by atoms with van der Waals surface area (Å²) >= 11 is 0. The zero-order valence-corrected chi connectivity index (χ0v) is 11.2. The molecule has 0 amide bonds. The van der Waals surface area contributed by atoms with Crippen molar-refractivity contribution in [1.29, 1.82) is 0 Å². The first-order valence-electron chi connectivity index (χ1n) is 6.49. The smallest absolute Gasteiger partial charge is 0.129 e. The second kappa shape index (κ2) is 5.34. The molecule has 0 bridgehead atoms. The molecule has 0 aliphatic heterocycles. The van der Waals surface area contributed by atoms with E-state index < -0.39 is 0 Å². The van der Waals surface area contributed by atoms with Crippen molar-refractivity contribution >= 4 is 16.7 Å². The maximum Gasteiger partial charge on any atom is 0.129 e. The minimum atomic E-state index is -0.224. The van der Waals surface area contributed by atoms with E-state index >= 15 is 0 Å². The summed E-state index contributed by atoms with van der Waals surface area (Å²) < 4.78 is 13.4. The van der Waals surface area contributed by atoms with Crippen molar-refractivity contribution in [2.75, 3.05) is 11.9 Å². The van der Waals surface area contributed by atoms with Gasteiger partial charge in [0.15, 0.2) is 0 Å². The number of aromatic nitrogens is 1. The lowest BCUT2D eigenvalue weighted by molar-refractivity contribution is 0.628. The molecule has 2 nitrogen and oxygen atoms in total. The molecule has 3 heteroatoms. The Morgan fingerprint density at radius 2 is 2.00 bits per heavy atom. The summed E-state index contributed by atoms with van der Waals surface area (Å²) in [5, 5.41) is 4.30. The highest BCUT2D eigenvalue weighted by atomic mass is 19.1. The molecular formula is C15H19FN2.